The van der Waals surface area contributed by atoms with E-state index in [2.05, 4.69) is 5.32 Å². The molecule has 4 aromatic rings. The predicted octanol–water partition coefficient (Wildman–Crippen LogP) is 5.50. The fourth-order valence-electron chi connectivity index (χ4n) is 4.97. The molecule has 2 amide bonds. The van der Waals surface area contributed by atoms with Gasteiger partial charge >= 0.3 is 0 Å². The SMILES string of the molecule is Cc1ccccc1CN(C(=O)CN(c1ccc(OCc2ccccc2)cc1)S(C)(=O)=O)C(Cc1ccccc1)C(=O)NC(C)C. The van der Waals surface area contributed by atoms with Crippen molar-refractivity contribution < 1.29 is 22.7 Å². The minimum atomic E-state index is -3.88. The Morgan fingerprint density at radius 2 is 1.38 bits per heavy atom. The van der Waals surface area contributed by atoms with E-state index in [9.17, 15) is 18.0 Å². The number of benzene rings is 4. The van der Waals surface area contributed by atoms with Crippen molar-refractivity contribution >= 4 is 27.5 Å². The van der Waals surface area contributed by atoms with Crippen LogP contribution in [0.5, 0.6) is 5.75 Å². The molecule has 0 aliphatic carbocycles. The molecule has 236 valence electrons. The zero-order valence-electron chi connectivity index (χ0n) is 26.2. The fourth-order valence-corrected chi connectivity index (χ4v) is 5.82. The Balaban J connectivity index is 1.65. The van der Waals surface area contributed by atoms with E-state index in [1.54, 1.807) is 24.3 Å². The van der Waals surface area contributed by atoms with Gasteiger partial charge in [-0.05, 0) is 67.3 Å². The van der Waals surface area contributed by atoms with Crippen molar-refractivity contribution in [3.63, 3.8) is 0 Å². The number of hydrogen-bond donors (Lipinski definition) is 1. The molecule has 4 rings (SSSR count). The minimum Gasteiger partial charge on any atom is -0.489 e. The molecular weight excluding hydrogens is 586 g/mol. The lowest BCUT2D eigenvalue weighted by atomic mass is 10.0. The van der Waals surface area contributed by atoms with E-state index in [1.807, 2.05) is 106 Å². The third-order valence-corrected chi connectivity index (χ3v) is 8.50. The van der Waals surface area contributed by atoms with E-state index >= 15 is 0 Å². The van der Waals surface area contributed by atoms with E-state index in [0.29, 0.717) is 18.0 Å². The van der Waals surface area contributed by atoms with Crippen LogP contribution in [0, 0.1) is 6.92 Å². The molecule has 8 nitrogen and oxygen atoms in total. The molecule has 0 aromatic heterocycles. The number of nitrogens with zero attached hydrogens (tertiary/aromatic N) is 2. The van der Waals surface area contributed by atoms with Gasteiger partial charge in [-0.2, -0.15) is 0 Å². The van der Waals surface area contributed by atoms with Crippen molar-refractivity contribution in [3.05, 3.63) is 131 Å². The maximum absolute atomic E-state index is 14.3. The van der Waals surface area contributed by atoms with Gasteiger partial charge in [0.2, 0.25) is 21.8 Å². The number of nitrogens with one attached hydrogen (secondary N) is 1. The predicted molar refractivity (Wildman–Crippen MR) is 178 cm³/mol. The molecule has 0 saturated carbocycles. The molecule has 0 bridgehead atoms. The van der Waals surface area contributed by atoms with Crippen molar-refractivity contribution in [2.75, 3.05) is 17.1 Å². The van der Waals surface area contributed by atoms with Crippen LogP contribution in [0.4, 0.5) is 5.69 Å². The normalized spacial score (nSPS) is 11.9. The summed E-state index contributed by atoms with van der Waals surface area (Å²) in [4.78, 5) is 29.4. The molecule has 0 aliphatic rings. The quantitative estimate of drug-likeness (QED) is 0.199. The van der Waals surface area contributed by atoms with E-state index in [1.165, 1.54) is 4.90 Å². The third-order valence-electron chi connectivity index (χ3n) is 7.36. The first kappa shape index (κ1) is 33.3. The van der Waals surface area contributed by atoms with Crippen molar-refractivity contribution in [1.82, 2.24) is 10.2 Å². The number of carbonyl (C=O) groups excluding carboxylic acids is 2. The van der Waals surface area contributed by atoms with Gasteiger partial charge in [0.25, 0.3) is 0 Å². The van der Waals surface area contributed by atoms with Gasteiger partial charge in [0, 0.05) is 19.0 Å². The monoisotopic (exact) mass is 627 g/mol. The van der Waals surface area contributed by atoms with Crippen LogP contribution in [0.3, 0.4) is 0 Å². The van der Waals surface area contributed by atoms with Crippen molar-refractivity contribution in [1.29, 1.82) is 0 Å². The third kappa shape index (κ3) is 9.68. The van der Waals surface area contributed by atoms with Gasteiger partial charge < -0.3 is 15.0 Å². The molecule has 9 heteroatoms. The average molecular weight is 628 g/mol. The van der Waals surface area contributed by atoms with Crippen LogP contribution in [-0.2, 0) is 39.2 Å². The Labute approximate surface area is 266 Å². The molecule has 1 atom stereocenters. The largest absolute Gasteiger partial charge is 0.489 e. The first-order valence-electron chi connectivity index (χ1n) is 14.9. The lowest BCUT2D eigenvalue weighted by Gasteiger charge is -2.34. The number of ether oxygens (including phenoxy) is 1. The average Bonchev–Trinajstić information content (AvgIpc) is 3.01. The summed E-state index contributed by atoms with van der Waals surface area (Å²) >= 11 is 0. The van der Waals surface area contributed by atoms with Crippen LogP contribution >= 0.6 is 0 Å². The highest BCUT2D eigenvalue weighted by Crippen LogP contribution is 2.24. The number of amides is 2. The van der Waals surface area contributed by atoms with Crippen molar-refractivity contribution in [2.45, 2.75) is 52.4 Å². The highest BCUT2D eigenvalue weighted by Gasteiger charge is 2.33. The second-order valence-electron chi connectivity index (χ2n) is 11.4. The summed E-state index contributed by atoms with van der Waals surface area (Å²) in [6.45, 7) is 5.70. The van der Waals surface area contributed by atoms with Gasteiger partial charge in [0.05, 0.1) is 11.9 Å². The molecule has 0 heterocycles. The molecule has 1 N–H and O–H groups in total. The van der Waals surface area contributed by atoms with Crippen LogP contribution < -0.4 is 14.4 Å². The molecule has 0 fully saturated rings. The van der Waals surface area contributed by atoms with E-state index in [0.717, 1.165) is 32.8 Å². The highest BCUT2D eigenvalue weighted by atomic mass is 32.2. The van der Waals surface area contributed by atoms with Crippen LogP contribution in [-0.4, -0.2) is 50.0 Å². The van der Waals surface area contributed by atoms with Gasteiger partial charge in [0.1, 0.15) is 24.9 Å². The second-order valence-corrected chi connectivity index (χ2v) is 13.3. The molecular formula is C36H41N3O5S. The van der Waals surface area contributed by atoms with Gasteiger partial charge in [-0.3, -0.25) is 13.9 Å². The first-order valence-corrected chi connectivity index (χ1v) is 16.8. The fraction of sp³-hybridized carbons (Fsp3) is 0.278. The lowest BCUT2D eigenvalue weighted by molar-refractivity contribution is -0.140. The van der Waals surface area contributed by atoms with Gasteiger partial charge in [-0.1, -0.05) is 84.9 Å². The van der Waals surface area contributed by atoms with Crippen LogP contribution in [0.15, 0.2) is 109 Å². The van der Waals surface area contributed by atoms with Crippen molar-refractivity contribution in [3.8, 4) is 5.75 Å². The van der Waals surface area contributed by atoms with Crippen molar-refractivity contribution in [2.24, 2.45) is 0 Å². The van der Waals surface area contributed by atoms with Gasteiger partial charge in [-0.15, -0.1) is 0 Å². The number of sulfonamides is 1. The first-order chi connectivity index (χ1) is 21.5. The summed E-state index contributed by atoms with van der Waals surface area (Å²) in [5, 5.41) is 2.97. The Kier molecular flexibility index (Phi) is 11.4. The summed E-state index contributed by atoms with van der Waals surface area (Å²) in [7, 11) is -3.88. The molecule has 0 radical (unpaired) electrons. The zero-order valence-corrected chi connectivity index (χ0v) is 27.0. The Morgan fingerprint density at radius 3 is 1.96 bits per heavy atom. The summed E-state index contributed by atoms with van der Waals surface area (Å²) in [6.07, 6.45) is 1.34. The number of aryl methyl sites for hydroxylation is 1. The standard InChI is InChI=1S/C36H41N3O5S/c1-27(2)37-36(41)34(23-29-14-7-5-8-15-29)38(24-31-18-12-11-13-28(31)3)35(40)25-39(45(4,42)43)32-19-21-33(22-20-32)44-26-30-16-9-6-10-17-30/h5-22,27,34H,23-26H2,1-4H3,(H,37,41). The summed E-state index contributed by atoms with van der Waals surface area (Å²) in [5.41, 5.74) is 4.04. The topological polar surface area (TPSA) is 96.0 Å². The Morgan fingerprint density at radius 1 is 0.800 bits per heavy atom. The number of carbonyl (C=O) groups is 2. The molecule has 0 saturated heterocycles. The highest BCUT2D eigenvalue weighted by molar-refractivity contribution is 7.92. The molecule has 1 unspecified atom stereocenters. The number of rotatable bonds is 14. The van der Waals surface area contributed by atoms with Crippen LogP contribution in [0.1, 0.15) is 36.1 Å². The second kappa shape index (κ2) is 15.4. The van der Waals surface area contributed by atoms with E-state index in [-0.39, 0.29) is 24.9 Å². The zero-order chi connectivity index (χ0) is 32.4. The lowest BCUT2D eigenvalue weighted by Crippen LogP contribution is -2.54. The maximum atomic E-state index is 14.3. The molecule has 0 spiro atoms. The van der Waals surface area contributed by atoms with Crippen LogP contribution in [0.25, 0.3) is 0 Å². The Hall–Kier alpha value is -4.63. The Bertz CT molecular complexity index is 1660. The van der Waals surface area contributed by atoms with Crippen LogP contribution in [0.2, 0.25) is 0 Å². The molecule has 4 aromatic carbocycles. The smallest absolute Gasteiger partial charge is 0.244 e. The van der Waals surface area contributed by atoms with E-state index in [4.69, 9.17) is 4.74 Å². The summed E-state index contributed by atoms with van der Waals surface area (Å²) in [5.74, 6) is -0.230. The maximum Gasteiger partial charge on any atom is 0.244 e. The van der Waals surface area contributed by atoms with Gasteiger partial charge in [0.15, 0.2) is 0 Å². The summed E-state index contributed by atoms with van der Waals surface area (Å²) < 4.78 is 33.1. The molecule has 0 aliphatic heterocycles. The number of anilines is 1. The number of hydrogen-bond acceptors (Lipinski definition) is 5. The summed E-state index contributed by atoms with van der Waals surface area (Å²) in [6, 6.07) is 32.4. The van der Waals surface area contributed by atoms with E-state index < -0.39 is 28.5 Å². The minimum absolute atomic E-state index is 0.137. The van der Waals surface area contributed by atoms with Gasteiger partial charge in [-0.25, -0.2) is 8.42 Å². The molecule has 45 heavy (non-hydrogen) atoms.